The maximum absolute atomic E-state index is 11.8. The third-order valence-corrected chi connectivity index (χ3v) is 3.56. The van der Waals surface area contributed by atoms with Crippen molar-refractivity contribution in [2.75, 3.05) is 6.54 Å². The summed E-state index contributed by atoms with van der Waals surface area (Å²) in [5.74, 6) is -0.288. The molecule has 0 spiro atoms. The number of aliphatic carboxylic acids is 1. The smallest absolute Gasteiger partial charge is 0.307 e. The van der Waals surface area contributed by atoms with Crippen LogP contribution in [0.1, 0.15) is 31.8 Å². The van der Waals surface area contributed by atoms with Gasteiger partial charge in [0.05, 0.1) is 11.8 Å². The van der Waals surface area contributed by atoms with Crippen molar-refractivity contribution in [3.05, 3.63) is 23.7 Å². The van der Waals surface area contributed by atoms with Gasteiger partial charge in [0, 0.05) is 12.0 Å². The van der Waals surface area contributed by atoms with E-state index in [4.69, 9.17) is 9.52 Å². The van der Waals surface area contributed by atoms with Gasteiger partial charge in [-0.15, -0.1) is 0 Å². The third kappa shape index (κ3) is 2.97. The summed E-state index contributed by atoms with van der Waals surface area (Å²) in [6.07, 6.45) is 0.446. The normalized spacial score (nSPS) is 22.1. The first-order chi connectivity index (χ1) is 8.81. The Morgan fingerprint density at radius 3 is 2.58 bits per heavy atom. The van der Waals surface area contributed by atoms with E-state index in [-0.39, 0.29) is 17.2 Å². The molecule has 1 amide bonds. The molecule has 5 nitrogen and oxygen atoms in total. The molecule has 2 unspecified atom stereocenters. The van der Waals surface area contributed by atoms with Crippen molar-refractivity contribution >= 4 is 11.9 Å². The number of carbonyl (C=O) groups is 2. The maximum Gasteiger partial charge on any atom is 0.307 e. The first kappa shape index (κ1) is 13.6. The van der Waals surface area contributed by atoms with Crippen molar-refractivity contribution in [1.82, 2.24) is 5.32 Å². The first-order valence-electron chi connectivity index (χ1n) is 6.39. The average molecular weight is 265 g/mol. The monoisotopic (exact) mass is 265 g/mol. The fraction of sp³-hybridized carbons (Fsp3) is 0.571. The largest absolute Gasteiger partial charge is 0.481 e. The van der Waals surface area contributed by atoms with E-state index in [0.717, 1.165) is 11.5 Å². The number of carbonyl (C=O) groups excluding carboxylic acids is 1. The molecule has 2 atom stereocenters. The van der Waals surface area contributed by atoms with Crippen LogP contribution in [0.2, 0.25) is 0 Å². The van der Waals surface area contributed by atoms with Crippen LogP contribution in [-0.4, -0.2) is 23.5 Å². The molecule has 19 heavy (non-hydrogen) atoms. The van der Waals surface area contributed by atoms with Crippen LogP contribution in [0.15, 0.2) is 16.5 Å². The molecule has 1 aromatic rings. The number of rotatable bonds is 5. The van der Waals surface area contributed by atoms with Crippen LogP contribution in [0.3, 0.4) is 0 Å². The van der Waals surface area contributed by atoms with Gasteiger partial charge in [-0.2, -0.15) is 0 Å². The predicted molar refractivity (Wildman–Crippen MR) is 68.7 cm³/mol. The number of nitrogens with one attached hydrogen (secondary N) is 1. The topological polar surface area (TPSA) is 79.5 Å². The van der Waals surface area contributed by atoms with Crippen molar-refractivity contribution in [2.24, 2.45) is 11.8 Å². The van der Waals surface area contributed by atoms with E-state index < -0.39 is 11.9 Å². The van der Waals surface area contributed by atoms with Crippen LogP contribution in [0.25, 0.3) is 0 Å². The van der Waals surface area contributed by atoms with Crippen molar-refractivity contribution in [1.29, 1.82) is 0 Å². The average Bonchev–Trinajstić information content (AvgIpc) is 3.02. The molecule has 1 aliphatic rings. The highest BCUT2D eigenvalue weighted by Gasteiger charge is 2.48. The summed E-state index contributed by atoms with van der Waals surface area (Å²) in [4.78, 5) is 22.5. The molecule has 1 heterocycles. The second-order valence-corrected chi connectivity index (χ2v) is 5.80. The Hall–Kier alpha value is -1.78. The Morgan fingerprint density at radius 2 is 2.11 bits per heavy atom. The zero-order valence-corrected chi connectivity index (χ0v) is 11.4. The van der Waals surface area contributed by atoms with E-state index in [1.165, 1.54) is 0 Å². The SMILES string of the molecule is Cc1ccc(C(C)(C)CNC(=O)C2CC2C(=O)O)o1. The number of amides is 1. The van der Waals surface area contributed by atoms with Crippen LogP contribution in [-0.2, 0) is 15.0 Å². The summed E-state index contributed by atoms with van der Waals surface area (Å²) in [6.45, 7) is 6.27. The minimum Gasteiger partial charge on any atom is -0.481 e. The molecule has 0 aliphatic heterocycles. The quantitative estimate of drug-likeness (QED) is 0.849. The fourth-order valence-corrected chi connectivity index (χ4v) is 2.08. The van der Waals surface area contributed by atoms with Crippen LogP contribution in [0, 0.1) is 18.8 Å². The van der Waals surface area contributed by atoms with Gasteiger partial charge in [-0.25, -0.2) is 0 Å². The Balaban J connectivity index is 1.88. The lowest BCUT2D eigenvalue weighted by molar-refractivity contribution is -0.140. The van der Waals surface area contributed by atoms with Gasteiger partial charge in [0.15, 0.2) is 0 Å². The summed E-state index contributed by atoms with van der Waals surface area (Å²) in [6, 6.07) is 3.79. The third-order valence-electron chi connectivity index (χ3n) is 3.56. The lowest BCUT2D eigenvalue weighted by Crippen LogP contribution is -2.37. The van der Waals surface area contributed by atoms with E-state index in [0.29, 0.717) is 13.0 Å². The molecule has 0 radical (unpaired) electrons. The standard InChI is InChI=1S/C14H19NO4/c1-8-4-5-11(19-8)14(2,3)7-15-12(16)9-6-10(9)13(17)18/h4-5,9-10H,6-7H2,1-3H3,(H,15,16)(H,17,18). The summed E-state index contributed by atoms with van der Waals surface area (Å²) in [5.41, 5.74) is -0.308. The van der Waals surface area contributed by atoms with Crippen LogP contribution in [0.4, 0.5) is 0 Å². The van der Waals surface area contributed by atoms with Crippen molar-refractivity contribution < 1.29 is 19.1 Å². The fourth-order valence-electron chi connectivity index (χ4n) is 2.08. The van der Waals surface area contributed by atoms with Crippen molar-refractivity contribution in [2.45, 2.75) is 32.6 Å². The molecule has 2 rings (SSSR count). The van der Waals surface area contributed by atoms with E-state index in [9.17, 15) is 9.59 Å². The molecular weight excluding hydrogens is 246 g/mol. The molecule has 1 aromatic heterocycles. The van der Waals surface area contributed by atoms with Gasteiger partial charge in [0.2, 0.25) is 5.91 Å². The van der Waals surface area contributed by atoms with Gasteiger partial charge >= 0.3 is 5.97 Å². The van der Waals surface area contributed by atoms with Gasteiger partial charge in [0.1, 0.15) is 11.5 Å². The van der Waals surface area contributed by atoms with E-state index in [2.05, 4.69) is 5.32 Å². The zero-order chi connectivity index (χ0) is 14.2. The van der Waals surface area contributed by atoms with E-state index in [1.54, 1.807) is 0 Å². The van der Waals surface area contributed by atoms with E-state index in [1.807, 2.05) is 32.9 Å². The van der Waals surface area contributed by atoms with Crippen LogP contribution >= 0.6 is 0 Å². The summed E-state index contributed by atoms with van der Waals surface area (Å²) >= 11 is 0. The highest BCUT2D eigenvalue weighted by Crippen LogP contribution is 2.38. The van der Waals surface area contributed by atoms with Crippen LogP contribution in [0.5, 0.6) is 0 Å². The lowest BCUT2D eigenvalue weighted by Gasteiger charge is -2.22. The van der Waals surface area contributed by atoms with Crippen molar-refractivity contribution in [3.63, 3.8) is 0 Å². The number of hydrogen-bond donors (Lipinski definition) is 2. The number of carboxylic acid groups (broad SMARTS) is 1. The summed E-state index contributed by atoms with van der Waals surface area (Å²) < 4.78 is 5.57. The summed E-state index contributed by atoms with van der Waals surface area (Å²) in [5, 5.41) is 11.6. The first-order valence-corrected chi connectivity index (χ1v) is 6.39. The minimum absolute atomic E-state index is 0.177. The predicted octanol–water partition coefficient (Wildman–Crippen LogP) is 1.70. The van der Waals surface area contributed by atoms with Gasteiger partial charge in [-0.1, -0.05) is 13.8 Å². The van der Waals surface area contributed by atoms with Gasteiger partial charge in [-0.05, 0) is 25.5 Å². The maximum atomic E-state index is 11.8. The van der Waals surface area contributed by atoms with Gasteiger partial charge in [-0.3, -0.25) is 9.59 Å². The Morgan fingerprint density at radius 1 is 1.42 bits per heavy atom. The number of carboxylic acids is 1. The van der Waals surface area contributed by atoms with Gasteiger partial charge in [0.25, 0.3) is 0 Å². The van der Waals surface area contributed by atoms with Gasteiger partial charge < -0.3 is 14.8 Å². The second kappa shape index (κ2) is 4.72. The molecule has 5 heteroatoms. The molecule has 1 saturated carbocycles. The lowest BCUT2D eigenvalue weighted by atomic mass is 9.90. The molecule has 1 fully saturated rings. The van der Waals surface area contributed by atoms with Crippen LogP contribution < -0.4 is 5.32 Å². The molecule has 1 aliphatic carbocycles. The summed E-state index contributed by atoms with van der Waals surface area (Å²) in [7, 11) is 0. The van der Waals surface area contributed by atoms with Crippen molar-refractivity contribution in [3.8, 4) is 0 Å². The molecular formula is C14H19NO4. The highest BCUT2D eigenvalue weighted by molar-refractivity contribution is 5.89. The number of hydrogen-bond acceptors (Lipinski definition) is 3. The Labute approximate surface area is 112 Å². The highest BCUT2D eigenvalue weighted by atomic mass is 16.4. The zero-order valence-electron chi connectivity index (χ0n) is 11.4. The Kier molecular flexibility index (Phi) is 3.39. The molecule has 104 valence electrons. The second-order valence-electron chi connectivity index (χ2n) is 5.80. The van der Waals surface area contributed by atoms with E-state index >= 15 is 0 Å². The number of furan rings is 1. The minimum atomic E-state index is -0.888. The Bertz CT molecular complexity index is 503. The number of aryl methyl sites for hydroxylation is 1. The molecule has 2 N–H and O–H groups in total. The molecule has 0 bridgehead atoms. The molecule has 0 saturated heterocycles. The molecule has 0 aromatic carbocycles.